The van der Waals surface area contributed by atoms with Gasteiger partial charge in [0, 0.05) is 13.2 Å². The normalized spacial score (nSPS) is 18.6. The van der Waals surface area contributed by atoms with Crippen LogP contribution in [0.25, 0.3) is 10.8 Å². The summed E-state index contributed by atoms with van der Waals surface area (Å²) in [5.41, 5.74) is 4.98. The van der Waals surface area contributed by atoms with E-state index in [9.17, 15) is 0 Å². The number of hydrogen-bond acceptors (Lipinski definition) is 2. The molecule has 2 nitrogen and oxygen atoms in total. The molecule has 0 saturated heterocycles. The fourth-order valence-electron chi connectivity index (χ4n) is 6.43. The van der Waals surface area contributed by atoms with E-state index < -0.39 is 0 Å². The first-order valence-electron chi connectivity index (χ1n) is 14.8. The van der Waals surface area contributed by atoms with Crippen molar-refractivity contribution in [1.29, 1.82) is 0 Å². The molecule has 0 amide bonds. The minimum atomic E-state index is -0.0451. The number of aryl methyl sites for hydroxylation is 1. The van der Waals surface area contributed by atoms with Crippen molar-refractivity contribution in [2.45, 2.75) is 114 Å². The molecule has 0 aliphatic heterocycles. The quantitative estimate of drug-likeness (QED) is 0.118. The maximum Gasteiger partial charge on any atom is 0.157 e. The smallest absolute Gasteiger partial charge is 0.157 e. The van der Waals surface area contributed by atoms with Gasteiger partial charge in [0.05, 0.1) is 0 Å². The maximum absolute atomic E-state index is 6.13. The highest BCUT2D eigenvalue weighted by molar-refractivity contribution is 5.91. The molecule has 2 unspecified atom stereocenters. The third-order valence-electron chi connectivity index (χ3n) is 8.38. The van der Waals surface area contributed by atoms with Gasteiger partial charge in [-0.15, -0.1) is 13.2 Å². The minimum Gasteiger partial charge on any atom is -0.353 e. The van der Waals surface area contributed by atoms with Gasteiger partial charge in [0.25, 0.3) is 0 Å². The number of hydrogen-bond donors (Lipinski definition) is 0. The van der Waals surface area contributed by atoms with Crippen molar-refractivity contribution in [3.63, 3.8) is 0 Å². The summed E-state index contributed by atoms with van der Waals surface area (Å²) in [5.74, 6) is 1.53. The average molecular weight is 489 g/mol. The Morgan fingerprint density at radius 1 is 0.806 bits per heavy atom. The Balaban J connectivity index is 1.24. The first kappa shape index (κ1) is 27.1. The predicted octanol–water partition coefficient (Wildman–Crippen LogP) is 9.77. The molecule has 2 aliphatic rings. The molecule has 2 aromatic rings. The maximum atomic E-state index is 6.13. The molecule has 2 atom stereocenters. The second-order valence-electron chi connectivity index (χ2n) is 11.0. The Hall–Kier alpha value is -1.90. The largest absolute Gasteiger partial charge is 0.353 e. The summed E-state index contributed by atoms with van der Waals surface area (Å²) in [7, 11) is 0. The number of unbranched alkanes of at least 4 members (excludes halogenated alkanes) is 6. The van der Waals surface area contributed by atoms with Gasteiger partial charge < -0.3 is 9.47 Å². The van der Waals surface area contributed by atoms with Crippen LogP contribution in [0.2, 0.25) is 0 Å². The second kappa shape index (κ2) is 14.7. The molecule has 2 aliphatic carbocycles. The van der Waals surface area contributed by atoms with Crippen molar-refractivity contribution in [3.05, 3.63) is 72.3 Å². The molecule has 36 heavy (non-hydrogen) atoms. The van der Waals surface area contributed by atoms with Crippen LogP contribution in [-0.4, -0.2) is 19.5 Å². The van der Waals surface area contributed by atoms with Gasteiger partial charge in [-0.25, -0.2) is 0 Å². The summed E-state index contributed by atoms with van der Waals surface area (Å²) >= 11 is 0. The van der Waals surface area contributed by atoms with Crippen molar-refractivity contribution in [3.8, 4) is 0 Å². The van der Waals surface area contributed by atoms with Crippen LogP contribution in [0, 0.1) is 0 Å². The summed E-state index contributed by atoms with van der Waals surface area (Å²) in [6.45, 7) is 9.21. The van der Waals surface area contributed by atoms with Gasteiger partial charge in [-0.05, 0) is 123 Å². The topological polar surface area (TPSA) is 18.5 Å². The number of benzene rings is 2. The van der Waals surface area contributed by atoms with Gasteiger partial charge in [0.1, 0.15) is 0 Å². The minimum absolute atomic E-state index is 0.0451. The first-order chi connectivity index (χ1) is 17.8. The van der Waals surface area contributed by atoms with E-state index in [1.807, 2.05) is 12.2 Å². The zero-order valence-corrected chi connectivity index (χ0v) is 22.5. The Labute approximate surface area is 220 Å². The molecule has 0 aromatic heterocycles. The van der Waals surface area contributed by atoms with E-state index >= 15 is 0 Å². The van der Waals surface area contributed by atoms with E-state index in [1.54, 1.807) is 22.1 Å². The number of allylic oxidation sites excluding steroid dienone is 2. The fourth-order valence-corrected chi connectivity index (χ4v) is 6.43. The standard InChI is InChI=1S/C34H48O2/c1-3-5-7-12-25-35-32(36-26-13-8-6-4-2)18-11-9-10-15-27-19-20-30-22-21-28-16-14-17-29-23-24-31(27)34(30)33(28)29/h3-4,14,16-17,23-24,27,30,32H,1-2,5-13,15,18-22,25-26H2. The predicted molar refractivity (Wildman–Crippen MR) is 154 cm³/mol. The van der Waals surface area contributed by atoms with Crippen LogP contribution in [0.3, 0.4) is 0 Å². The zero-order chi connectivity index (χ0) is 25.0. The van der Waals surface area contributed by atoms with Gasteiger partial charge in [0.15, 0.2) is 6.29 Å². The first-order valence-corrected chi connectivity index (χ1v) is 14.8. The third kappa shape index (κ3) is 7.33. The number of rotatable bonds is 18. The van der Waals surface area contributed by atoms with Gasteiger partial charge in [0.2, 0.25) is 0 Å². The van der Waals surface area contributed by atoms with E-state index in [0.717, 1.165) is 70.0 Å². The Morgan fingerprint density at radius 3 is 2.33 bits per heavy atom. The Kier molecular flexibility index (Phi) is 11.1. The number of ether oxygens (including phenoxy) is 2. The van der Waals surface area contributed by atoms with Gasteiger partial charge in [-0.2, -0.15) is 0 Å². The molecule has 0 bridgehead atoms. The highest BCUT2D eigenvalue weighted by Gasteiger charge is 2.31. The van der Waals surface area contributed by atoms with Crippen molar-refractivity contribution >= 4 is 10.8 Å². The molecular formula is C34H48O2. The van der Waals surface area contributed by atoms with E-state index in [2.05, 4.69) is 43.5 Å². The van der Waals surface area contributed by atoms with E-state index in [4.69, 9.17) is 9.47 Å². The Bertz CT molecular complexity index is 943. The highest BCUT2D eigenvalue weighted by atomic mass is 16.7. The molecule has 0 fully saturated rings. The third-order valence-corrected chi connectivity index (χ3v) is 8.38. The highest BCUT2D eigenvalue weighted by Crippen LogP contribution is 2.49. The lowest BCUT2D eigenvalue weighted by Gasteiger charge is -2.36. The Morgan fingerprint density at radius 2 is 1.58 bits per heavy atom. The van der Waals surface area contributed by atoms with Crippen LogP contribution < -0.4 is 0 Å². The van der Waals surface area contributed by atoms with Gasteiger partial charge in [-0.1, -0.05) is 55.3 Å². The van der Waals surface area contributed by atoms with Crippen LogP contribution in [0.5, 0.6) is 0 Å². The summed E-state index contributed by atoms with van der Waals surface area (Å²) in [6.07, 6.45) is 22.0. The molecule has 0 spiro atoms. The monoisotopic (exact) mass is 488 g/mol. The van der Waals surface area contributed by atoms with E-state index in [1.165, 1.54) is 56.8 Å². The molecule has 0 heterocycles. The summed E-state index contributed by atoms with van der Waals surface area (Å²) in [4.78, 5) is 0. The fraction of sp³-hybridized carbons (Fsp3) is 0.588. The summed E-state index contributed by atoms with van der Waals surface area (Å²) in [5, 5.41) is 3.06. The van der Waals surface area contributed by atoms with Crippen molar-refractivity contribution in [1.82, 2.24) is 0 Å². The van der Waals surface area contributed by atoms with Crippen molar-refractivity contribution in [2.24, 2.45) is 0 Å². The molecule has 196 valence electrons. The lowest BCUT2D eigenvalue weighted by Crippen LogP contribution is -2.19. The molecule has 0 saturated carbocycles. The lowest BCUT2D eigenvalue weighted by molar-refractivity contribution is -0.147. The van der Waals surface area contributed by atoms with Crippen LogP contribution in [-0.2, 0) is 15.9 Å². The van der Waals surface area contributed by atoms with Crippen LogP contribution in [0.4, 0.5) is 0 Å². The van der Waals surface area contributed by atoms with Crippen LogP contribution >= 0.6 is 0 Å². The molecule has 2 heteroatoms. The van der Waals surface area contributed by atoms with Crippen molar-refractivity contribution in [2.75, 3.05) is 13.2 Å². The molecular weight excluding hydrogens is 440 g/mol. The molecule has 4 rings (SSSR count). The zero-order valence-electron chi connectivity index (χ0n) is 22.5. The van der Waals surface area contributed by atoms with Gasteiger partial charge >= 0.3 is 0 Å². The molecule has 0 N–H and O–H groups in total. The lowest BCUT2D eigenvalue weighted by atomic mass is 9.68. The average Bonchev–Trinajstić information content (AvgIpc) is 2.91. The van der Waals surface area contributed by atoms with E-state index in [-0.39, 0.29) is 6.29 Å². The summed E-state index contributed by atoms with van der Waals surface area (Å²) < 4.78 is 12.3. The van der Waals surface area contributed by atoms with Gasteiger partial charge in [-0.3, -0.25) is 0 Å². The molecule has 0 radical (unpaired) electrons. The SMILES string of the molecule is C=CCCCCOC(CCCCCC1CCC2CCc3cccc4ccc1c2c34)OCCCCC=C. The van der Waals surface area contributed by atoms with Crippen LogP contribution in [0.15, 0.2) is 55.6 Å². The van der Waals surface area contributed by atoms with Crippen molar-refractivity contribution < 1.29 is 9.47 Å². The van der Waals surface area contributed by atoms with Crippen LogP contribution in [0.1, 0.15) is 118 Å². The second-order valence-corrected chi connectivity index (χ2v) is 11.0. The molecule has 2 aromatic carbocycles. The van der Waals surface area contributed by atoms with E-state index in [0.29, 0.717) is 0 Å². The summed E-state index contributed by atoms with van der Waals surface area (Å²) in [6, 6.07) is 11.8.